The normalized spacial score (nSPS) is 21.9. The molecule has 2 N–H and O–H groups in total. The molecular formula is C14H28N2O2. The molecule has 1 amide bonds. The average molecular weight is 256 g/mol. The molecule has 106 valence electrons. The van der Waals surface area contributed by atoms with Crippen LogP contribution in [-0.4, -0.2) is 37.7 Å². The minimum Gasteiger partial charge on any atom is -0.369 e. The summed E-state index contributed by atoms with van der Waals surface area (Å²) in [7, 11) is 0. The van der Waals surface area contributed by atoms with Gasteiger partial charge in [-0.3, -0.25) is 4.79 Å². The van der Waals surface area contributed by atoms with Crippen LogP contribution in [0, 0.1) is 5.92 Å². The van der Waals surface area contributed by atoms with Crippen molar-refractivity contribution >= 4 is 5.91 Å². The first-order valence-corrected chi connectivity index (χ1v) is 7.22. The first-order chi connectivity index (χ1) is 8.59. The van der Waals surface area contributed by atoms with Crippen molar-refractivity contribution in [3.63, 3.8) is 0 Å². The SMILES string of the molecule is CC(C)CNC(=O)C(C)OCCC1CCCCN1. The molecule has 0 saturated carbocycles. The number of nitrogens with one attached hydrogen (secondary N) is 2. The molecule has 18 heavy (non-hydrogen) atoms. The van der Waals surface area contributed by atoms with E-state index in [1.165, 1.54) is 19.3 Å². The Morgan fingerprint density at radius 1 is 1.39 bits per heavy atom. The minimum absolute atomic E-state index is 0.000281. The number of ether oxygens (including phenoxy) is 1. The molecule has 1 aliphatic rings. The van der Waals surface area contributed by atoms with Crippen molar-refractivity contribution in [2.24, 2.45) is 5.92 Å². The Morgan fingerprint density at radius 3 is 2.78 bits per heavy atom. The van der Waals surface area contributed by atoms with Crippen LogP contribution >= 0.6 is 0 Å². The fraction of sp³-hybridized carbons (Fsp3) is 0.929. The van der Waals surface area contributed by atoms with Crippen LogP contribution in [0.4, 0.5) is 0 Å². The van der Waals surface area contributed by atoms with Gasteiger partial charge in [0.2, 0.25) is 5.91 Å². The summed E-state index contributed by atoms with van der Waals surface area (Å²) in [4.78, 5) is 11.7. The molecule has 1 aliphatic heterocycles. The highest BCUT2D eigenvalue weighted by molar-refractivity contribution is 5.80. The first kappa shape index (κ1) is 15.4. The van der Waals surface area contributed by atoms with E-state index in [0.29, 0.717) is 18.6 Å². The van der Waals surface area contributed by atoms with Crippen molar-refractivity contribution in [1.29, 1.82) is 0 Å². The smallest absolute Gasteiger partial charge is 0.248 e. The van der Waals surface area contributed by atoms with Crippen LogP contribution < -0.4 is 10.6 Å². The Labute approximate surface area is 111 Å². The molecule has 0 bridgehead atoms. The van der Waals surface area contributed by atoms with Gasteiger partial charge in [0.15, 0.2) is 0 Å². The van der Waals surface area contributed by atoms with Crippen molar-refractivity contribution < 1.29 is 9.53 Å². The first-order valence-electron chi connectivity index (χ1n) is 7.22. The van der Waals surface area contributed by atoms with Gasteiger partial charge in [-0.25, -0.2) is 0 Å². The summed E-state index contributed by atoms with van der Waals surface area (Å²) in [6.07, 6.45) is 4.49. The summed E-state index contributed by atoms with van der Waals surface area (Å²) in [5.41, 5.74) is 0. The van der Waals surface area contributed by atoms with Crippen molar-refractivity contribution in [2.45, 2.75) is 58.6 Å². The van der Waals surface area contributed by atoms with Gasteiger partial charge in [-0.15, -0.1) is 0 Å². The molecule has 0 aliphatic carbocycles. The van der Waals surface area contributed by atoms with Crippen LogP contribution in [0.15, 0.2) is 0 Å². The molecule has 0 aromatic carbocycles. The van der Waals surface area contributed by atoms with Crippen LogP contribution in [0.25, 0.3) is 0 Å². The number of carbonyl (C=O) groups is 1. The van der Waals surface area contributed by atoms with Gasteiger partial charge in [-0.2, -0.15) is 0 Å². The lowest BCUT2D eigenvalue weighted by atomic mass is 10.0. The highest BCUT2D eigenvalue weighted by atomic mass is 16.5. The second-order valence-corrected chi connectivity index (χ2v) is 5.59. The predicted molar refractivity (Wildman–Crippen MR) is 73.5 cm³/mol. The van der Waals surface area contributed by atoms with Gasteiger partial charge in [-0.05, 0) is 38.6 Å². The average Bonchev–Trinajstić information content (AvgIpc) is 2.37. The molecule has 0 radical (unpaired) electrons. The Morgan fingerprint density at radius 2 is 2.17 bits per heavy atom. The lowest BCUT2D eigenvalue weighted by Crippen LogP contribution is -2.38. The fourth-order valence-corrected chi connectivity index (χ4v) is 2.08. The third-order valence-electron chi connectivity index (χ3n) is 3.30. The summed E-state index contributed by atoms with van der Waals surface area (Å²) in [6.45, 7) is 8.49. The van der Waals surface area contributed by atoms with Gasteiger partial charge >= 0.3 is 0 Å². The van der Waals surface area contributed by atoms with E-state index in [1.54, 1.807) is 0 Å². The standard InChI is InChI=1S/C14H28N2O2/c1-11(2)10-16-14(17)12(3)18-9-7-13-6-4-5-8-15-13/h11-13,15H,4-10H2,1-3H3,(H,16,17). The molecule has 1 fully saturated rings. The molecule has 2 unspecified atom stereocenters. The van der Waals surface area contributed by atoms with Crippen LogP contribution in [-0.2, 0) is 9.53 Å². The highest BCUT2D eigenvalue weighted by Crippen LogP contribution is 2.10. The molecule has 2 atom stereocenters. The van der Waals surface area contributed by atoms with Gasteiger partial charge in [0, 0.05) is 19.2 Å². The lowest BCUT2D eigenvalue weighted by Gasteiger charge is -2.24. The van der Waals surface area contributed by atoms with E-state index in [4.69, 9.17) is 4.74 Å². The molecule has 4 heteroatoms. The van der Waals surface area contributed by atoms with E-state index in [-0.39, 0.29) is 12.0 Å². The topological polar surface area (TPSA) is 50.4 Å². The number of hydrogen-bond acceptors (Lipinski definition) is 3. The molecule has 0 spiro atoms. The van der Waals surface area contributed by atoms with E-state index in [1.807, 2.05) is 6.92 Å². The summed E-state index contributed by atoms with van der Waals surface area (Å²) in [5.74, 6) is 0.480. The van der Waals surface area contributed by atoms with E-state index < -0.39 is 0 Å². The molecule has 0 aromatic rings. The van der Waals surface area contributed by atoms with E-state index in [0.717, 1.165) is 19.5 Å². The highest BCUT2D eigenvalue weighted by Gasteiger charge is 2.16. The minimum atomic E-state index is -0.340. The number of piperidine rings is 1. The van der Waals surface area contributed by atoms with Crippen LogP contribution in [0.1, 0.15) is 46.5 Å². The largest absolute Gasteiger partial charge is 0.369 e. The van der Waals surface area contributed by atoms with E-state index >= 15 is 0 Å². The second kappa shape index (κ2) is 8.48. The summed E-state index contributed by atoms with van der Waals surface area (Å²) in [5, 5.41) is 6.37. The van der Waals surface area contributed by atoms with Gasteiger partial charge in [-0.1, -0.05) is 20.3 Å². The van der Waals surface area contributed by atoms with E-state index in [2.05, 4.69) is 24.5 Å². The maximum absolute atomic E-state index is 11.7. The number of carbonyl (C=O) groups excluding carboxylic acids is 1. The predicted octanol–water partition coefficient (Wildman–Crippen LogP) is 1.70. The number of hydrogen-bond donors (Lipinski definition) is 2. The van der Waals surface area contributed by atoms with Gasteiger partial charge < -0.3 is 15.4 Å². The summed E-state index contributed by atoms with van der Waals surface area (Å²) >= 11 is 0. The molecular weight excluding hydrogens is 228 g/mol. The Kier molecular flexibility index (Phi) is 7.28. The van der Waals surface area contributed by atoms with Crippen LogP contribution in [0.5, 0.6) is 0 Å². The maximum atomic E-state index is 11.7. The fourth-order valence-electron chi connectivity index (χ4n) is 2.08. The zero-order valence-corrected chi connectivity index (χ0v) is 12.0. The molecule has 1 heterocycles. The Balaban J connectivity index is 2.08. The molecule has 4 nitrogen and oxygen atoms in total. The Bertz CT molecular complexity index is 238. The monoisotopic (exact) mass is 256 g/mol. The Hall–Kier alpha value is -0.610. The quantitative estimate of drug-likeness (QED) is 0.729. The molecule has 1 rings (SSSR count). The number of rotatable bonds is 7. The third-order valence-corrected chi connectivity index (χ3v) is 3.30. The van der Waals surface area contributed by atoms with Crippen molar-refractivity contribution in [1.82, 2.24) is 10.6 Å². The van der Waals surface area contributed by atoms with Gasteiger partial charge in [0.05, 0.1) is 0 Å². The van der Waals surface area contributed by atoms with Gasteiger partial charge in [0.25, 0.3) is 0 Å². The maximum Gasteiger partial charge on any atom is 0.248 e. The van der Waals surface area contributed by atoms with Crippen molar-refractivity contribution in [3.05, 3.63) is 0 Å². The molecule has 1 saturated heterocycles. The van der Waals surface area contributed by atoms with Crippen LogP contribution in [0.2, 0.25) is 0 Å². The molecule has 0 aromatic heterocycles. The zero-order valence-electron chi connectivity index (χ0n) is 12.0. The van der Waals surface area contributed by atoms with Crippen molar-refractivity contribution in [3.8, 4) is 0 Å². The number of amides is 1. The third kappa shape index (κ3) is 6.36. The lowest BCUT2D eigenvalue weighted by molar-refractivity contribution is -0.132. The zero-order chi connectivity index (χ0) is 13.4. The van der Waals surface area contributed by atoms with Crippen molar-refractivity contribution in [2.75, 3.05) is 19.7 Å². The summed E-state index contributed by atoms with van der Waals surface area (Å²) < 4.78 is 5.59. The van der Waals surface area contributed by atoms with Gasteiger partial charge in [0.1, 0.15) is 6.10 Å². The van der Waals surface area contributed by atoms with E-state index in [9.17, 15) is 4.79 Å². The van der Waals surface area contributed by atoms with Crippen LogP contribution in [0.3, 0.4) is 0 Å². The summed E-state index contributed by atoms with van der Waals surface area (Å²) in [6, 6.07) is 0.574. The second-order valence-electron chi connectivity index (χ2n) is 5.59.